The number of aliphatic imine (C=N–C) groups is 1. The van der Waals surface area contributed by atoms with Gasteiger partial charge >= 0.3 is 11.4 Å². The van der Waals surface area contributed by atoms with Crippen LogP contribution >= 0.6 is 0 Å². The van der Waals surface area contributed by atoms with Gasteiger partial charge in [-0.15, -0.1) is 0 Å². The summed E-state index contributed by atoms with van der Waals surface area (Å²) in [5.74, 6) is 0.334. The Hall–Kier alpha value is -5.53. The topological polar surface area (TPSA) is 172 Å². The van der Waals surface area contributed by atoms with Gasteiger partial charge in [0.2, 0.25) is 5.95 Å². The van der Waals surface area contributed by atoms with Gasteiger partial charge in [-0.3, -0.25) is 19.7 Å². The number of nitro benzene ring substituents is 1. The summed E-state index contributed by atoms with van der Waals surface area (Å²) in [6.07, 6.45) is 0. The summed E-state index contributed by atoms with van der Waals surface area (Å²) in [6, 6.07) is 18.3. The molecule has 0 aliphatic heterocycles. The van der Waals surface area contributed by atoms with E-state index in [1.54, 1.807) is 31.4 Å². The minimum Gasteiger partial charge on any atom is -0.497 e. The van der Waals surface area contributed by atoms with Crippen LogP contribution in [0.2, 0.25) is 0 Å². The summed E-state index contributed by atoms with van der Waals surface area (Å²) in [5, 5.41) is 16.6. The molecule has 1 heterocycles. The Morgan fingerprint density at radius 2 is 1.61 bits per heavy atom. The fourth-order valence-electron chi connectivity index (χ4n) is 3.83. The van der Waals surface area contributed by atoms with Gasteiger partial charge < -0.3 is 21.1 Å². The Balaban J connectivity index is 1.52. The molecule has 0 fully saturated rings. The number of rotatable bonds is 11. The number of nitrogens with zero attached hydrogens (tertiary/aromatic N) is 5. The van der Waals surface area contributed by atoms with Crippen LogP contribution in [-0.2, 0) is 13.1 Å². The molecule has 0 saturated carbocycles. The van der Waals surface area contributed by atoms with Crippen molar-refractivity contribution in [2.45, 2.75) is 13.1 Å². The molecule has 0 unspecified atom stereocenters. The summed E-state index contributed by atoms with van der Waals surface area (Å²) in [5.41, 5.74) is 6.33. The standard InChI is InChI=1S/C27H27FN8O5/c1-41-23-12-4-19(5-13-23)16-34-25(33-26(37)35(27(34)38)17-18-2-6-20(28)7-3-18)31-15-14-30-24(29)32-21-8-10-22(11-9-21)36(39)40/h2-13H,14-17H2,1H3,(H3,29,30,32)(H,31,33,37). The maximum Gasteiger partial charge on any atom is 0.355 e. The van der Waals surface area contributed by atoms with Crippen molar-refractivity contribution in [3.8, 4) is 5.75 Å². The molecule has 4 rings (SSSR count). The summed E-state index contributed by atoms with van der Waals surface area (Å²) < 4.78 is 20.8. The van der Waals surface area contributed by atoms with Crippen molar-refractivity contribution < 1.29 is 14.1 Å². The highest BCUT2D eigenvalue weighted by atomic mass is 19.1. The molecule has 0 bridgehead atoms. The van der Waals surface area contributed by atoms with E-state index in [0.717, 1.165) is 10.1 Å². The highest BCUT2D eigenvalue weighted by molar-refractivity contribution is 5.92. The minimum atomic E-state index is -0.768. The molecule has 0 atom stereocenters. The second kappa shape index (κ2) is 13.0. The van der Waals surface area contributed by atoms with Gasteiger partial charge in [0.25, 0.3) is 5.69 Å². The number of hydrogen-bond donors (Lipinski definition) is 3. The van der Waals surface area contributed by atoms with E-state index < -0.39 is 22.1 Å². The van der Waals surface area contributed by atoms with Crippen LogP contribution in [0, 0.1) is 15.9 Å². The molecule has 0 saturated heterocycles. The number of nitrogens with two attached hydrogens (primary N) is 1. The molecule has 0 aliphatic rings. The van der Waals surface area contributed by atoms with Crippen molar-refractivity contribution in [2.24, 2.45) is 10.7 Å². The van der Waals surface area contributed by atoms with Crippen molar-refractivity contribution in [1.29, 1.82) is 0 Å². The normalized spacial score (nSPS) is 11.2. The van der Waals surface area contributed by atoms with E-state index in [9.17, 15) is 24.1 Å². The van der Waals surface area contributed by atoms with Crippen LogP contribution in [-0.4, -0.2) is 45.2 Å². The van der Waals surface area contributed by atoms with Crippen LogP contribution in [0.5, 0.6) is 5.75 Å². The molecule has 0 spiro atoms. The zero-order valence-corrected chi connectivity index (χ0v) is 22.0. The molecular weight excluding hydrogens is 535 g/mol. The molecule has 0 amide bonds. The van der Waals surface area contributed by atoms with E-state index in [0.29, 0.717) is 17.0 Å². The largest absolute Gasteiger partial charge is 0.497 e. The van der Waals surface area contributed by atoms with Crippen LogP contribution in [0.15, 0.2) is 87.4 Å². The zero-order valence-electron chi connectivity index (χ0n) is 22.0. The maximum atomic E-state index is 13.5. The molecule has 0 radical (unpaired) electrons. The van der Waals surface area contributed by atoms with Gasteiger partial charge in [-0.2, -0.15) is 4.98 Å². The van der Waals surface area contributed by atoms with Gasteiger partial charge in [0, 0.05) is 24.4 Å². The average molecular weight is 563 g/mol. The quantitative estimate of drug-likeness (QED) is 0.0816. The number of ether oxygens (including phenoxy) is 1. The maximum absolute atomic E-state index is 13.5. The van der Waals surface area contributed by atoms with Gasteiger partial charge in [-0.05, 0) is 47.5 Å². The van der Waals surface area contributed by atoms with Gasteiger partial charge in [0.1, 0.15) is 11.6 Å². The fraction of sp³-hybridized carbons (Fsp3) is 0.185. The first-order valence-corrected chi connectivity index (χ1v) is 12.4. The van der Waals surface area contributed by atoms with Crippen molar-refractivity contribution in [3.63, 3.8) is 0 Å². The molecule has 3 aromatic carbocycles. The number of anilines is 2. The van der Waals surface area contributed by atoms with Gasteiger partial charge in [0.05, 0.1) is 31.7 Å². The van der Waals surface area contributed by atoms with Gasteiger partial charge in [-0.25, -0.2) is 18.5 Å². The molecule has 13 nitrogen and oxygen atoms in total. The second-order valence-electron chi connectivity index (χ2n) is 8.77. The molecule has 212 valence electrons. The van der Waals surface area contributed by atoms with E-state index >= 15 is 0 Å². The first kappa shape index (κ1) is 28.5. The van der Waals surface area contributed by atoms with Crippen molar-refractivity contribution >= 4 is 23.3 Å². The van der Waals surface area contributed by atoms with Crippen LogP contribution in [0.4, 0.5) is 21.7 Å². The van der Waals surface area contributed by atoms with Crippen molar-refractivity contribution in [3.05, 3.63) is 121 Å². The second-order valence-corrected chi connectivity index (χ2v) is 8.77. The molecule has 0 aliphatic carbocycles. The number of benzene rings is 3. The lowest BCUT2D eigenvalue weighted by molar-refractivity contribution is -0.384. The third kappa shape index (κ3) is 7.53. The van der Waals surface area contributed by atoms with Crippen LogP contribution in [0.1, 0.15) is 11.1 Å². The SMILES string of the molecule is COc1ccc(Cn2c(NCCN=C(N)Nc3ccc([N+](=O)[O-])cc3)nc(=O)n(Cc3ccc(F)cc3)c2=O)cc1. The molecule has 4 N–H and O–H groups in total. The first-order valence-electron chi connectivity index (χ1n) is 12.4. The average Bonchev–Trinajstić information content (AvgIpc) is 2.96. The number of halogens is 1. The first-order chi connectivity index (χ1) is 19.7. The number of nitro groups is 1. The van der Waals surface area contributed by atoms with Crippen LogP contribution in [0.3, 0.4) is 0 Å². The Morgan fingerprint density at radius 3 is 2.22 bits per heavy atom. The Bertz CT molecular complexity index is 1650. The van der Waals surface area contributed by atoms with Crippen molar-refractivity contribution in [1.82, 2.24) is 14.1 Å². The van der Waals surface area contributed by atoms with Gasteiger partial charge in [-0.1, -0.05) is 24.3 Å². The van der Waals surface area contributed by atoms with E-state index in [1.807, 2.05) is 0 Å². The zero-order chi connectivity index (χ0) is 29.4. The molecule has 1 aromatic heterocycles. The predicted molar refractivity (Wildman–Crippen MR) is 152 cm³/mol. The lowest BCUT2D eigenvalue weighted by Crippen LogP contribution is -2.43. The smallest absolute Gasteiger partial charge is 0.355 e. The Morgan fingerprint density at radius 1 is 1.00 bits per heavy atom. The van der Waals surface area contributed by atoms with E-state index in [4.69, 9.17) is 10.5 Å². The predicted octanol–water partition coefficient (Wildman–Crippen LogP) is 2.40. The molecular formula is C27H27FN8O5. The highest BCUT2D eigenvalue weighted by Gasteiger charge is 2.14. The number of guanidine groups is 1. The lowest BCUT2D eigenvalue weighted by Gasteiger charge is -2.16. The monoisotopic (exact) mass is 562 g/mol. The molecule has 41 heavy (non-hydrogen) atoms. The van der Waals surface area contributed by atoms with E-state index in [-0.39, 0.29) is 43.8 Å². The lowest BCUT2D eigenvalue weighted by atomic mass is 10.2. The molecule has 14 heteroatoms. The van der Waals surface area contributed by atoms with E-state index in [1.165, 1.54) is 53.1 Å². The number of nitrogens with one attached hydrogen (secondary N) is 2. The van der Waals surface area contributed by atoms with Crippen molar-refractivity contribution in [2.75, 3.05) is 30.8 Å². The minimum absolute atomic E-state index is 0.0447. The third-order valence-electron chi connectivity index (χ3n) is 5.93. The fourth-order valence-corrected chi connectivity index (χ4v) is 3.83. The Labute approximate surface area is 232 Å². The van der Waals surface area contributed by atoms with Gasteiger partial charge in [0.15, 0.2) is 5.96 Å². The summed E-state index contributed by atoms with van der Waals surface area (Å²) >= 11 is 0. The van der Waals surface area contributed by atoms with E-state index in [2.05, 4.69) is 20.6 Å². The van der Waals surface area contributed by atoms with Crippen LogP contribution < -0.4 is 32.5 Å². The summed E-state index contributed by atoms with van der Waals surface area (Å²) in [6.45, 7) is 0.361. The summed E-state index contributed by atoms with van der Waals surface area (Å²) in [4.78, 5) is 44.9. The number of hydrogen-bond acceptors (Lipinski definition) is 8. The van der Waals surface area contributed by atoms with Crippen LogP contribution in [0.25, 0.3) is 0 Å². The number of non-ortho nitro benzene ring substituents is 1. The summed E-state index contributed by atoms with van der Waals surface area (Å²) in [7, 11) is 1.55. The molecule has 4 aromatic rings. The number of methoxy groups -OCH3 is 1. The third-order valence-corrected chi connectivity index (χ3v) is 5.93. The highest BCUT2D eigenvalue weighted by Crippen LogP contribution is 2.15. The number of aromatic nitrogens is 3. The Kier molecular flexibility index (Phi) is 9.04.